The average Bonchev–Trinajstić information content (AvgIpc) is 2.39. The van der Waals surface area contributed by atoms with Crippen LogP contribution >= 0.6 is 0 Å². The molecule has 1 heteroatoms. The van der Waals surface area contributed by atoms with Gasteiger partial charge in [-0.25, -0.2) is 0 Å². The maximum Gasteiger partial charge on any atom is 0.185 e. The van der Waals surface area contributed by atoms with E-state index in [9.17, 15) is 4.79 Å². The minimum Gasteiger partial charge on any atom is -0.289 e. The molecule has 0 fully saturated rings. The van der Waals surface area contributed by atoms with Crippen LogP contribution in [0.1, 0.15) is 21.5 Å². The summed E-state index contributed by atoms with van der Waals surface area (Å²) in [4.78, 5) is 11.8. The maximum atomic E-state index is 11.8. The number of allylic oxidation sites excluding steroid dienone is 1. The van der Waals surface area contributed by atoms with Crippen molar-refractivity contribution < 1.29 is 4.79 Å². The molecule has 17 heavy (non-hydrogen) atoms. The van der Waals surface area contributed by atoms with Crippen molar-refractivity contribution in [3.63, 3.8) is 0 Å². The zero-order valence-electron chi connectivity index (χ0n) is 9.76. The van der Waals surface area contributed by atoms with Crippen LogP contribution in [-0.4, -0.2) is 5.78 Å². The fourth-order valence-corrected chi connectivity index (χ4v) is 1.55. The van der Waals surface area contributed by atoms with Gasteiger partial charge in [0.25, 0.3) is 0 Å². The van der Waals surface area contributed by atoms with Crippen LogP contribution in [0.25, 0.3) is 6.08 Å². The van der Waals surface area contributed by atoms with E-state index in [0.29, 0.717) is 0 Å². The molecular weight excluding hydrogens is 208 g/mol. The molecule has 2 rings (SSSR count). The van der Waals surface area contributed by atoms with Crippen LogP contribution in [-0.2, 0) is 0 Å². The number of ketones is 1. The Bertz CT molecular complexity index is 521. The lowest BCUT2D eigenvalue weighted by Crippen LogP contribution is -1.92. The molecule has 0 bridgehead atoms. The standard InChI is InChI=1S/C16H14O/c1-13-7-9-14(10-8-13)11-12-16(17)15-5-3-2-4-6-15/h2-12H,1H3. The normalized spacial score (nSPS) is 10.6. The van der Waals surface area contributed by atoms with Gasteiger partial charge in [0, 0.05) is 5.56 Å². The molecule has 0 radical (unpaired) electrons. The summed E-state index contributed by atoms with van der Waals surface area (Å²) in [6.07, 6.45) is 3.45. The summed E-state index contributed by atoms with van der Waals surface area (Å²) in [6.45, 7) is 2.04. The van der Waals surface area contributed by atoms with E-state index in [4.69, 9.17) is 0 Å². The van der Waals surface area contributed by atoms with E-state index in [-0.39, 0.29) is 5.78 Å². The number of rotatable bonds is 3. The first-order valence-electron chi connectivity index (χ1n) is 5.60. The van der Waals surface area contributed by atoms with Gasteiger partial charge in [-0.15, -0.1) is 0 Å². The molecule has 0 saturated heterocycles. The molecule has 84 valence electrons. The molecular formula is C16H14O. The third-order valence-corrected chi connectivity index (χ3v) is 2.56. The molecule has 0 atom stereocenters. The van der Waals surface area contributed by atoms with Gasteiger partial charge < -0.3 is 0 Å². The van der Waals surface area contributed by atoms with Gasteiger partial charge in [0.2, 0.25) is 0 Å². The van der Waals surface area contributed by atoms with E-state index in [0.717, 1.165) is 11.1 Å². The van der Waals surface area contributed by atoms with Crippen molar-refractivity contribution >= 4 is 11.9 Å². The molecule has 2 aromatic carbocycles. The van der Waals surface area contributed by atoms with E-state index in [1.807, 2.05) is 67.6 Å². The first kappa shape index (κ1) is 11.3. The number of hydrogen-bond acceptors (Lipinski definition) is 1. The van der Waals surface area contributed by atoms with Crippen molar-refractivity contribution in [1.82, 2.24) is 0 Å². The largest absolute Gasteiger partial charge is 0.289 e. The summed E-state index contributed by atoms with van der Waals surface area (Å²) >= 11 is 0. The second-order valence-corrected chi connectivity index (χ2v) is 3.97. The molecule has 0 amide bonds. The highest BCUT2D eigenvalue weighted by molar-refractivity contribution is 6.06. The summed E-state index contributed by atoms with van der Waals surface area (Å²) in [5.74, 6) is 0.0335. The number of carbonyl (C=O) groups is 1. The Morgan fingerprint density at radius 3 is 2.24 bits per heavy atom. The van der Waals surface area contributed by atoms with E-state index in [1.54, 1.807) is 6.08 Å². The van der Waals surface area contributed by atoms with Crippen LogP contribution in [0.2, 0.25) is 0 Å². The van der Waals surface area contributed by atoms with E-state index < -0.39 is 0 Å². The van der Waals surface area contributed by atoms with Crippen LogP contribution in [0.4, 0.5) is 0 Å². The Hall–Kier alpha value is -2.15. The van der Waals surface area contributed by atoms with Crippen molar-refractivity contribution in [2.75, 3.05) is 0 Å². The second-order valence-electron chi connectivity index (χ2n) is 3.97. The summed E-state index contributed by atoms with van der Waals surface area (Å²) in [7, 11) is 0. The van der Waals surface area contributed by atoms with Crippen molar-refractivity contribution in [2.45, 2.75) is 6.92 Å². The molecule has 0 aliphatic carbocycles. The van der Waals surface area contributed by atoms with Gasteiger partial charge in [-0.2, -0.15) is 0 Å². The van der Waals surface area contributed by atoms with Gasteiger partial charge in [0.05, 0.1) is 0 Å². The SMILES string of the molecule is Cc1ccc(C=CC(=O)c2ccccc2)cc1. The van der Waals surface area contributed by atoms with Crippen molar-refractivity contribution in [3.8, 4) is 0 Å². The molecule has 0 N–H and O–H groups in total. The number of benzene rings is 2. The van der Waals surface area contributed by atoms with Crippen LogP contribution in [0.3, 0.4) is 0 Å². The third-order valence-electron chi connectivity index (χ3n) is 2.56. The lowest BCUT2D eigenvalue weighted by Gasteiger charge is -1.96. The van der Waals surface area contributed by atoms with E-state index in [1.165, 1.54) is 5.56 Å². The van der Waals surface area contributed by atoms with Gasteiger partial charge in [-0.1, -0.05) is 66.2 Å². The second kappa shape index (κ2) is 5.26. The highest BCUT2D eigenvalue weighted by Gasteiger charge is 1.98. The number of hydrogen-bond donors (Lipinski definition) is 0. The van der Waals surface area contributed by atoms with E-state index >= 15 is 0 Å². The smallest absolute Gasteiger partial charge is 0.185 e. The Kier molecular flexibility index (Phi) is 3.51. The molecule has 0 aromatic heterocycles. The predicted octanol–water partition coefficient (Wildman–Crippen LogP) is 3.89. The lowest BCUT2D eigenvalue weighted by molar-refractivity contribution is 0.104. The molecule has 0 spiro atoms. The zero-order chi connectivity index (χ0) is 12.1. The lowest BCUT2D eigenvalue weighted by atomic mass is 10.1. The highest BCUT2D eigenvalue weighted by Crippen LogP contribution is 2.07. The summed E-state index contributed by atoms with van der Waals surface area (Å²) in [5, 5.41) is 0. The van der Waals surface area contributed by atoms with E-state index in [2.05, 4.69) is 0 Å². The predicted molar refractivity (Wildman–Crippen MR) is 71.0 cm³/mol. The molecule has 0 unspecified atom stereocenters. The molecule has 0 aliphatic rings. The fraction of sp³-hybridized carbons (Fsp3) is 0.0625. The van der Waals surface area contributed by atoms with Crippen LogP contribution < -0.4 is 0 Å². The number of aryl methyl sites for hydroxylation is 1. The van der Waals surface area contributed by atoms with Gasteiger partial charge in [-0.05, 0) is 18.6 Å². The first-order valence-corrected chi connectivity index (χ1v) is 5.60. The van der Waals surface area contributed by atoms with Gasteiger partial charge in [0.1, 0.15) is 0 Å². The molecule has 1 nitrogen and oxygen atoms in total. The van der Waals surface area contributed by atoms with Gasteiger partial charge in [-0.3, -0.25) is 4.79 Å². The third kappa shape index (κ3) is 3.15. The Morgan fingerprint density at radius 2 is 1.59 bits per heavy atom. The molecule has 2 aromatic rings. The van der Waals surface area contributed by atoms with Crippen molar-refractivity contribution in [3.05, 3.63) is 77.4 Å². The van der Waals surface area contributed by atoms with Gasteiger partial charge in [0.15, 0.2) is 5.78 Å². The van der Waals surface area contributed by atoms with Gasteiger partial charge >= 0.3 is 0 Å². The van der Waals surface area contributed by atoms with Crippen LogP contribution in [0, 0.1) is 6.92 Å². The van der Waals surface area contributed by atoms with Crippen LogP contribution in [0.15, 0.2) is 60.7 Å². The number of carbonyl (C=O) groups excluding carboxylic acids is 1. The summed E-state index contributed by atoms with van der Waals surface area (Å²) < 4.78 is 0. The zero-order valence-corrected chi connectivity index (χ0v) is 9.76. The minimum absolute atomic E-state index is 0.0335. The Morgan fingerprint density at radius 1 is 0.941 bits per heavy atom. The fourth-order valence-electron chi connectivity index (χ4n) is 1.55. The Labute approximate surface area is 101 Å². The highest BCUT2D eigenvalue weighted by atomic mass is 16.1. The first-order chi connectivity index (χ1) is 8.25. The quantitative estimate of drug-likeness (QED) is 0.568. The molecule has 0 heterocycles. The summed E-state index contributed by atoms with van der Waals surface area (Å²) in [6, 6.07) is 17.4. The Balaban J connectivity index is 2.11. The van der Waals surface area contributed by atoms with Crippen LogP contribution in [0.5, 0.6) is 0 Å². The maximum absolute atomic E-state index is 11.8. The topological polar surface area (TPSA) is 17.1 Å². The minimum atomic E-state index is 0.0335. The molecule has 0 saturated carbocycles. The monoisotopic (exact) mass is 222 g/mol. The average molecular weight is 222 g/mol. The van der Waals surface area contributed by atoms with Crippen molar-refractivity contribution in [2.24, 2.45) is 0 Å². The molecule has 0 aliphatic heterocycles. The van der Waals surface area contributed by atoms with Crippen molar-refractivity contribution in [1.29, 1.82) is 0 Å². The summed E-state index contributed by atoms with van der Waals surface area (Å²) in [5.41, 5.74) is 2.98.